The molecule has 63 valence electrons. The van der Waals surface area contributed by atoms with Gasteiger partial charge in [-0.25, -0.2) is 0 Å². The summed E-state index contributed by atoms with van der Waals surface area (Å²) in [5.41, 5.74) is 0. The summed E-state index contributed by atoms with van der Waals surface area (Å²) in [7, 11) is 2.08. The Bertz CT molecular complexity index is 223. The van der Waals surface area contributed by atoms with Crippen LogP contribution in [0.25, 0.3) is 0 Å². The van der Waals surface area contributed by atoms with Crippen molar-refractivity contribution >= 4 is 13.2 Å². The van der Waals surface area contributed by atoms with E-state index in [-0.39, 0.29) is 11.9 Å². The highest BCUT2D eigenvalue weighted by atomic mass is 16.1. The number of amides is 1. The van der Waals surface area contributed by atoms with Gasteiger partial charge in [-0.2, -0.15) is 0 Å². The molecule has 2 nitrogen and oxygen atoms in total. The van der Waals surface area contributed by atoms with Gasteiger partial charge in [-0.3, -0.25) is 4.79 Å². The molecule has 1 aliphatic rings. The van der Waals surface area contributed by atoms with Crippen molar-refractivity contribution < 1.29 is 4.79 Å². The van der Waals surface area contributed by atoms with Gasteiger partial charge >= 0.3 is 0 Å². The van der Waals surface area contributed by atoms with E-state index in [1.807, 2.05) is 25.1 Å². The molecule has 0 bridgehead atoms. The predicted molar refractivity (Wildman–Crippen MR) is 51.3 cm³/mol. The fourth-order valence-corrected chi connectivity index (χ4v) is 1.32. The molecule has 0 aromatic heterocycles. The van der Waals surface area contributed by atoms with Gasteiger partial charge in [-0.15, -0.1) is 0 Å². The normalized spacial score (nSPS) is 26.8. The van der Waals surface area contributed by atoms with Crippen molar-refractivity contribution in [3.05, 3.63) is 24.3 Å². The van der Waals surface area contributed by atoms with Crippen molar-refractivity contribution in [1.82, 2.24) is 5.32 Å². The molecule has 0 saturated heterocycles. The van der Waals surface area contributed by atoms with Gasteiger partial charge in [-0.05, 0) is 5.82 Å². The van der Waals surface area contributed by atoms with E-state index >= 15 is 0 Å². The van der Waals surface area contributed by atoms with Crippen LogP contribution in [0.5, 0.6) is 0 Å². The number of carbonyl (C=O) groups excluding carboxylic acids is 1. The van der Waals surface area contributed by atoms with E-state index < -0.39 is 0 Å². The van der Waals surface area contributed by atoms with E-state index in [0.717, 1.165) is 0 Å². The molecule has 1 radical (unpaired) electrons. The van der Waals surface area contributed by atoms with Crippen molar-refractivity contribution in [2.24, 2.45) is 0 Å². The Balaban J connectivity index is 2.56. The maximum absolute atomic E-state index is 10.8. The standard InChI is InChI=1S/C9H13BNO/c1-7(12)11-9-6-4-3-5-8(9)10-2/h3-6,8-9H,1-2H3,(H,11,12). The SMILES string of the molecule is C[B]C1C=CC=CC1NC(C)=O. The van der Waals surface area contributed by atoms with Gasteiger partial charge in [0.15, 0.2) is 0 Å². The Morgan fingerprint density at radius 3 is 2.67 bits per heavy atom. The van der Waals surface area contributed by atoms with Gasteiger partial charge in [-0.1, -0.05) is 31.1 Å². The lowest BCUT2D eigenvalue weighted by Gasteiger charge is -2.22. The Morgan fingerprint density at radius 1 is 1.42 bits per heavy atom. The Hall–Kier alpha value is -0.985. The summed E-state index contributed by atoms with van der Waals surface area (Å²) < 4.78 is 0. The first kappa shape index (κ1) is 9.11. The molecule has 1 rings (SSSR count). The van der Waals surface area contributed by atoms with Crippen LogP contribution < -0.4 is 5.32 Å². The highest BCUT2D eigenvalue weighted by Gasteiger charge is 2.17. The van der Waals surface area contributed by atoms with Gasteiger partial charge in [0.2, 0.25) is 5.91 Å². The van der Waals surface area contributed by atoms with E-state index in [0.29, 0.717) is 5.82 Å². The average molecular weight is 162 g/mol. The molecule has 12 heavy (non-hydrogen) atoms. The molecular formula is C9H13BNO. The Labute approximate surface area is 74.0 Å². The topological polar surface area (TPSA) is 29.1 Å². The Morgan fingerprint density at radius 2 is 2.08 bits per heavy atom. The van der Waals surface area contributed by atoms with E-state index in [4.69, 9.17) is 0 Å². The number of hydrogen-bond acceptors (Lipinski definition) is 1. The van der Waals surface area contributed by atoms with Crippen LogP contribution in [-0.2, 0) is 4.79 Å². The first-order valence-electron chi connectivity index (χ1n) is 4.15. The first-order chi connectivity index (χ1) is 5.74. The van der Waals surface area contributed by atoms with Crippen molar-refractivity contribution in [2.75, 3.05) is 0 Å². The van der Waals surface area contributed by atoms with Crippen LogP contribution in [0.3, 0.4) is 0 Å². The summed E-state index contributed by atoms with van der Waals surface area (Å²) >= 11 is 0. The zero-order chi connectivity index (χ0) is 8.97. The molecule has 0 spiro atoms. The fourth-order valence-electron chi connectivity index (χ4n) is 1.32. The molecule has 1 aliphatic carbocycles. The summed E-state index contributed by atoms with van der Waals surface area (Å²) in [5.74, 6) is 0.353. The van der Waals surface area contributed by atoms with Crippen LogP contribution in [-0.4, -0.2) is 19.2 Å². The zero-order valence-electron chi connectivity index (χ0n) is 7.45. The number of carbonyl (C=O) groups is 1. The van der Waals surface area contributed by atoms with Crippen molar-refractivity contribution in [3.8, 4) is 0 Å². The van der Waals surface area contributed by atoms with Crippen LogP contribution in [0.2, 0.25) is 12.6 Å². The first-order valence-corrected chi connectivity index (χ1v) is 4.15. The summed E-state index contributed by atoms with van der Waals surface area (Å²) in [4.78, 5) is 10.8. The molecule has 3 heteroatoms. The molecule has 1 N–H and O–H groups in total. The van der Waals surface area contributed by atoms with E-state index in [2.05, 4.69) is 18.7 Å². The van der Waals surface area contributed by atoms with Crippen molar-refractivity contribution in [1.29, 1.82) is 0 Å². The summed E-state index contributed by atoms with van der Waals surface area (Å²) in [6.07, 6.45) is 8.05. The summed E-state index contributed by atoms with van der Waals surface area (Å²) in [5, 5.41) is 2.87. The second kappa shape index (κ2) is 4.14. The maximum atomic E-state index is 10.8. The van der Waals surface area contributed by atoms with Crippen molar-refractivity contribution in [3.63, 3.8) is 0 Å². The zero-order valence-corrected chi connectivity index (χ0v) is 7.45. The highest BCUT2D eigenvalue weighted by Crippen LogP contribution is 2.17. The number of nitrogens with one attached hydrogen (secondary N) is 1. The van der Waals surface area contributed by atoms with Gasteiger partial charge in [0.1, 0.15) is 7.28 Å². The predicted octanol–water partition coefficient (Wildman–Crippen LogP) is 1.16. The molecule has 0 aliphatic heterocycles. The minimum atomic E-state index is 0.0202. The second-order valence-corrected chi connectivity index (χ2v) is 2.91. The van der Waals surface area contributed by atoms with E-state index in [1.54, 1.807) is 6.92 Å². The molecule has 0 aromatic carbocycles. The minimum absolute atomic E-state index is 0.0202. The van der Waals surface area contributed by atoms with Crippen LogP contribution in [0.15, 0.2) is 24.3 Å². The fraction of sp³-hybridized carbons (Fsp3) is 0.444. The van der Waals surface area contributed by atoms with Crippen molar-refractivity contribution in [2.45, 2.75) is 25.6 Å². The quantitative estimate of drug-likeness (QED) is 0.606. The largest absolute Gasteiger partial charge is 0.350 e. The average Bonchev–Trinajstić information content (AvgIpc) is 2.04. The molecule has 2 unspecified atom stereocenters. The maximum Gasteiger partial charge on any atom is 0.217 e. The molecule has 2 atom stereocenters. The van der Waals surface area contributed by atoms with Gasteiger partial charge < -0.3 is 5.32 Å². The smallest absolute Gasteiger partial charge is 0.217 e. The molecule has 0 heterocycles. The van der Waals surface area contributed by atoms with Gasteiger partial charge in [0, 0.05) is 13.0 Å². The molecular weight excluding hydrogens is 149 g/mol. The lowest BCUT2D eigenvalue weighted by atomic mass is 9.62. The van der Waals surface area contributed by atoms with Gasteiger partial charge in [0.25, 0.3) is 0 Å². The summed E-state index contributed by atoms with van der Waals surface area (Å²) in [6, 6.07) is 0.137. The monoisotopic (exact) mass is 162 g/mol. The van der Waals surface area contributed by atoms with E-state index in [9.17, 15) is 4.79 Å². The molecule has 0 saturated carbocycles. The minimum Gasteiger partial charge on any atom is -0.350 e. The second-order valence-electron chi connectivity index (χ2n) is 2.91. The Kier molecular flexibility index (Phi) is 3.14. The molecule has 0 aromatic rings. The lowest BCUT2D eigenvalue weighted by molar-refractivity contribution is -0.119. The number of rotatable bonds is 2. The third-order valence-electron chi connectivity index (χ3n) is 1.93. The van der Waals surface area contributed by atoms with Crippen LogP contribution in [0.1, 0.15) is 6.92 Å². The number of allylic oxidation sites excluding steroid dienone is 2. The third kappa shape index (κ3) is 2.26. The number of hydrogen-bond donors (Lipinski definition) is 1. The van der Waals surface area contributed by atoms with Crippen LogP contribution in [0.4, 0.5) is 0 Å². The van der Waals surface area contributed by atoms with Crippen LogP contribution >= 0.6 is 0 Å². The summed E-state index contributed by atoms with van der Waals surface area (Å²) in [6.45, 7) is 3.54. The van der Waals surface area contributed by atoms with E-state index in [1.165, 1.54) is 0 Å². The lowest BCUT2D eigenvalue weighted by Crippen LogP contribution is -2.36. The third-order valence-corrected chi connectivity index (χ3v) is 1.93. The van der Waals surface area contributed by atoms with Crippen LogP contribution in [0, 0.1) is 0 Å². The molecule has 1 amide bonds. The molecule has 0 fully saturated rings. The highest BCUT2D eigenvalue weighted by molar-refractivity contribution is 6.37. The van der Waals surface area contributed by atoms with Gasteiger partial charge in [0.05, 0.1) is 0 Å².